The molecule has 0 spiro atoms. The average molecular weight is 188 g/mol. The molecule has 3 aliphatic rings. The summed E-state index contributed by atoms with van der Waals surface area (Å²) in [6.07, 6.45) is 10.3. The van der Waals surface area contributed by atoms with Crippen LogP contribution < -0.4 is 5.73 Å². The smallest absolute Gasteiger partial charge is 0.0314 e. The number of hydrogen-bond acceptors (Lipinski definition) is 2. The first-order chi connectivity index (χ1) is 6.84. The predicted molar refractivity (Wildman–Crippen MR) is 57.4 cm³/mol. The van der Waals surface area contributed by atoms with E-state index in [0.717, 1.165) is 5.70 Å². The Morgan fingerprint density at radius 2 is 2.29 bits per heavy atom. The van der Waals surface area contributed by atoms with Crippen LogP contribution in [0.3, 0.4) is 0 Å². The average Bonchev–Trinajstić information content (AvgIpc) is 2.65. The Balaban J connectivity index is 2.06. The van der Waals surface area contributed by atoms with Gasteiger partial charge in [-0.15, -0.1) is 0 Å². The maximum absolute atomic E-state index is 5.85. The van der Waals surface area contributed by atoms with Gasteiger partial charge >= 0.3 is 0 Å². The van der Waals surface area contributed by atoms with Crippen molar-refractivity contribution in [2.24, 2.45) is 11.7 Å². The van der Waals surface area contributed by atoms with Crippen LogP contribution in [0.4, 0.5) is 0 Å². The summed E-state index contributed by atoms with van der Waals surface area (Å²) in [5.74, 6) is 0.645. The fraction of sp³-hybridized carbons (Fsp3) is 0.500. The zero-order valence-corrected chi connectivity index (χ0v) is 8.37. The Morgan fingerprint density at radius 3 is 3.21 bits per heavy atom. The second-order valence-electron chi connectivity index (χ2n) is 4.39. The summed E-state index contributed by atoms with van der Waals surface area (Å²) >= 11 is 0. The van der Waals surface area contributed by atoms with E-state index in [-0.39, 0.29) is 0 Å². The molecule has 14 heavy (non-hydrogen) atoms. The molecule has 2 N–H and O–H groups in total. The summed E-state index contributed by atoms with van der Waals surface area (Å²) in [5.41, 5.74) is 9.82. The van der Waals surface area contributed by atoms with E-state index in [1.54, 1.807) is 5.70 Å². The Labute approximate surface area is 84.8 Å². The third-order valence-corrected chi connectivity index (χ3v) is 3.51. The van der Waals surface area contributed by atoms with E-state index >= 15 is 0 Å². The van der Waals surface area contributed by atoms with E-state index in [2.05, 4.69) is 23.1 Å². The largest absolute Gasteiger partial charge is 0.399 e. The predicted octanol–water partition coefficient (Wildman–Crippen LogP) is 1.77. The van der Waals surface area contributed by atoms with Crippen molar-refractivity contribution in [1.29, 1.82) is 0 Å². The van der Waals surface area contributed by atoms with Gasteiger partial charge in [0.15, 0.2) is 0 Å². The van der Waals surface area contributed by atoms with Gasteiger partial charge in [0.25, 0.3) is 0 Å². The number of allylic oxidation sites excluding steroid dienone is 5. The van der Waals surface area contributed by atoms with Crippen LogP contribution in [0.2, 0.25) is 0 Å². The molecule has 0 radical (unpaired) electrons. The molecule has 2 aliphatic heterocycles. The monoisotopic (exact) mass is 188 g/mol. The van der Waals surface area contributed by atoms with Gasteiger partial charge < -0.3 is 10.6 Å². The van der Waals surface area contributed by atoms with Crippen molar-refractivity contribution in [3.8, 4) is 0 Å². The lowest BCUT2D eigenvalue weighted by atomic mass is 9.86. The van der Waals surface area contributed by atoms with Gasteiger partial charge in [0.05, 0.1) is 0 Å². The SMILES string of the molecule is NC1=CC2=C3CCCN3CCC2C=C1. The van der Waals surface area contributed by atoms with Crippen LogP contribution in [-0.4, -0.2) is 18.0 Å². The molecule has 1 atom stereocenters. The van der Waals surface area contributed by atoms with Crippen LogP contribution >= 0.6 is 0 Å². The van der Waals surface area contributed by atoms with E-state index in [9.17, 15) is 0 Å². The van der Waals surface area contributed by atoms with E-state index < -0.39 is 0 Å². The van der Waals surface area contributed by atoms with Crippen LogP contribution in [0.15, 0.2) is 35.2 Å². The molecule has 1 saturated heterocycles. The Kier molecular flexibility index (Phi) is 1.69. The molecule has 0 bridgehead atoms. The molecule has 0 aromatic carbocycles. The van der Waals surface area contributed by atoms with Gasteiger partial charge in [-0.05, 0) is 37.0 Å². The minimum Gasteiger partial charge on any atom is -0.399 e. The minimum atomic E-state index is 0.645. The van der Waals surface area contributed by atoms with E-state index in [1.807, 2.05) is 0 Å². The van der Waals surface area contributed by atoms with Crippen molar-refractivity contribution in [1.82, 2.24) is 4.90 Å². The molecular weight excluding hydrogens is 172 g/mol. The van der Waals surface area contributed by atoms with Gasteiger partial charge in [-0.25, -0.2) is 0 Å². The van der Waals surface area contributed by atoms with Crippen molar-refractivity contribution in [2.75, 3.05) is 13.1 Å². The van der Waals surface area contributed by atoms with Crippen LogP contribution in [-0.2, 0) is 0 Å². The number of nitrogens with zero attached hydrogens (tertiary/aromatic N) is 1. The molecule has 0 aromatic heterocycles. The highest BCUT2D eigenvalue weighted by atomic mass is 15.2. The summed E-state index contributed by atoms with van der Waals surface area (Å²) in [4.78, 5) is 2.54. The van der Waals surface area contributed by atoms with Gasteiger partial charge in [0.2, 0.25) is 0 Å². The topological polar surface area (TPSA) is 29.3 Å². The summed E-state index contributed by atoms with van der Waals surface area (Å²) in [5, 5.41) is 0. The van der Waals surface area contributed by atoms with E-state index in [0.29, 0.717) is 5.92 Å². The fourth-order valence-corrected chi connectivity index (χ4v) is 2.81. The third-order valence-electron chi connectivity index (χ3n) is 3.51. The molecule has 0 saturated carbocycles. The molecule has 74 valence electrons. The van der Waals surface area contributed by atoms with Crippen LogP contribution in [0.1, 0.15) is 19.3 Å². The normalized spacial score (nSPS) is 30.1. The maximum Gasteiger partial charge on any atom is 0.0314 e. The standard InChI is InChI=1S/C12H16N2/c13-10-4-3-9-5-7-14-6-1-2-12(14)11(9)8-10/h3-4,8-9H,1-2,5-7,13H2. The van der Waals surface area contributed by atoms with Gasteiger partial charge in [-0.3, -0.25) is 0 Å². The molecule has 2 heteroatoms. The van der Waals surface area contributed by atoms with E-state index in [1.165, 1.54) is 37.9 Å². The van der Waals surface area contributed by atoms with Gasteiger partial charge in [0.1, 0.15) is 0 Å². The third kappa shape index (κ3) is 1.10. The molecular formula is C12H16N2. The molecule has 2 nitrogen and oxygen atoms in total. The van der Waals surface area contributed by atoms with Crippen LogP contribution in [0.5, 0.6) is 0 Å². The summed E-state index contributed by atoms with van der Waals surface area (Å²) in [7, 11) is 0. The molecule has 2 heterocycles. The van der Waals surface area contributed by atoms with Crippen LogP contribution in [0.25, 0.3) is 0 Å². The highest BCUT2D eigenvalue weighted by molar-refractivity contribution is 5.42. The summed E-state index contributed by atoms with van der Waals surface area (Å²) in [6.45, 7) is 2.49. The Bertz CT molecular complexity index is 349. The van der Waals surface area contributed by atoms with Crippen molar-refractivity contribution >= 4 is 0 Å². The summed E-state index contributed by atoms with van der Waals surface area (Å²) in [6, 6.07) is 0. The van der Waals surface area contributed by atoms with Crippen molar-refractivity contribution in [2.45, 2.75) is 19.3 Å². The van der Waals surface area contributed by atoms with Crippen molar-refractivity contribution < 1.29 is 0 Å². The maximum atomic E-state index is 5.85. The lowest BCUT2D eigenvalue weighted by Crippen LogP contribution is -2.29. The van der Waals surface area contributed by atoms with Crippen molar-refractivity contribution in [3.05, 3.63) is 35.2 Å². The molecule has 0 amide bonds. The lowest BCUT2D eigenvalue weighted by molar-refractivity contribution is 0.341. The number of rotatable bonds is 0. The first kappa shape index (κ1) is 8.16. The quantitative estimate of drug-likeness (QED) is 0.627. The molecule has 1 unspecified atom stereocenters. The minimum absolute atomic E-state index is 0.645. The number of fused-ring (bicyclic) bond motifs is 2. The van der Waals surface area contributed by atoms with Crippen molar-refractivity contribution in [3.63, 3.8) is 0 Å². The van der Waals surface area contributed by atoms with Crippen LogP contribution in [0, 0.1) is 5.92 Å². The Morgan fingerprint density at radius 1 is 1.36 bits per heavy atom. The van der Waals surface area contributed by atoms with Gasteiger partial charge in [0, 0.05) is 30.4 Å². The fourth-order valence-electron chi connectivity index (χ4n) is 2.81. The lowest BCUT2D eigenvalue weighted by Gasteiger charge is -2.33. The Hall–Kier alpha value is -1.18. The zero-order chi connectivity index (χ0) is 9.54. The molecule has 0 aromatic rings. The highest BCUT2D eigenvalue weighted by Gasteiger charge is 2.29. The van der Waals surface area contributed by atoms with Gasteiger partial charge in [-0.1, -0.05) is 6.08 Å². The first-order valence-corrected chi connectivity index (χ1v) is 5.48. The number of hydrogen-bond donors (Lipinski definition) is 1. The van der Waals surface area contributed by atoms with E-state index in [4.69, 9.17) is 5.73 Å². The molecule has 1 aliphatic carbocycles. The first-order valence-electron chi connectivity index (χ1n) is 5.48. The second-order valence-corrected chi connectivity index (χ2v) is 4.39. The number of nitrogens with two attached hydrogens (primary N) is 1. The van der Waals surface area contributed by atoms with Gasteiger partial charge in [-0.2, -0.15) is 0 Å². The molecule has 1 fully saturated rings. The highest BCUT2D eigenvalue weighted by Crippen LogP contribution is 2.37. The second kappa shape index (κ2) is 2.91. The zero-order valence-electron chi connectivity index (χ0n) is 8.37. The summed E-state index contributed by atoms with van der Waals surface area (Å²) < 4.78 is 0. The molecule has 3 rings (SSSR count).